The molecule has 3 rings (SSSR count). The van der Waals surface area contributed by atoms with Crippen LogP contribution in [0, 0.1) is 0 Å². The number of aromatic nitrogens is 2. The highest BCUT2D eigenvalue weighted by atomic mass is 32.2. The van der Waals surface area contributed by atoms with Crippen LogP contribution in [0.2, 0.25) is 0 Å². The fourth-order valence-electron chi connectivity index (χ4n) is 2.56. The monoisotopic (exact) mass is 486 g/mol. The van der Waals surface area contributed by atoms with Gasteiger partial charge in [0, 0.05) is 17.0 Å². The van der Waals surface area contributed by atoms with Gasteiger partial charge in [-0.05, 0) is 42.5 Å². The van der Waals surface area contributed by atoms with Gasteiger partial charge in [-0.25, -0.2) is 0 Å². The van der Waals surface area contributed by atoms with Crippen LogP contribution in [0.25, 0.3) is 0 Å². The maximum absolute atomic E-state index is 12.6. The van der Waals surface area contributed by atoms with Crippen molar-refractivity contribution in [3.05, 3.63) is 60.7 Å². The minimum absolute atomic E-state index is 0.232. The number of anilines is 2. The van der Waals surface area contributed by atoms with Crippen LogP contribution in [0.1, 0.15) is 10.4 Å². The second-order valence-electron chi connectivity index (χ2n) is 6.36. The first-order valence-corrected chi connectivity index (χ1v) is 11.5. The molecule has 0 fully saturated rings. The Morgan fingerprint density at radius 2 is 1.85 bits per heavy atom. The molecule has 9 nitrogen and oxygen atoms in total. The van der Waals surface area contributed by atoms with Crippen LogP contribution in [0.3, 0.4) is 0 Å². The maximum atomic E-state index is 12.6. The molecule has 3 aromatic rings. The van der Waals surface area contributed by atoms with Crippen LogP contribution in [0.4, 0.5) is 10.8 Å². The van der Waals surface area contributed by atoms with Gasteiger partial charge in [0.15, 0.2) is 22.4 Å². The average Bonchev–Trinajstić information content (AvgIpc) is 3.28. The molecule has 0 aliphatic heterocycles. The zero-order chi connectivity index (χ0) is 23.6. The van der Waals surface area contributed by atoms with Crippen LogP contribution >= 0.6 is 23.1 Å². The first-order valence-electron chi connectivity index (χ1n) is 9.65. The topological polar surface area (TPSA) is 112 Å². The summed E-state index contributed by atoms with van der Waals surface area (Å²) in [6, 6.07) is 11.6. The number of rotatable bonds is 11. The maximum Gasteiger partial charge on any atom is 0.262 e. The largest absolute Gasteiger partial charge is 0.497 e. The molecular weight excluding hydrogens is 464 g/mol. The molecule has 2 N–H and O–H groups in total. The SMILES string of the molecule is C=CCSc1nnc(NC(=O)c2ccc(OCC(=O)Nc3ccc(OC)cc3)c(OC)c2)s1. The predicted molar refractivity (Wildman–Crippen MR) is 129 cm³/mol. The first kappa shape index (κ1) is 24.1. The lowest BCUT2D eigenvalue weighted by Crippen LogP contribution is -2.20. The number of amides is 2. The summed E-state index contributed by atoms with van der Waals surface area (Å²) in [6.45, 7) is 3.43. The van der Waals surface area contributed by atoms with E-state index >= 15 is 0 Å². The van der Waals surface area contributed by atoms with Crippen molar-refractivity contribution in [2.24, 2.45) is 0 Å². The molecule has 11 heteroatoms. The lowest BCUT2D eigenvalue weighted by molar-refractivity contribution is -0.118. The number of hydrogen-bond donors (Lipinski definition) is 2. The van der Waals surface area contributed by atoms with Crippen molar-refractivity contribution < 1.29 is 23.8 Å². The summed E-state index contributed by atoms with van der Waals surface area (Å²) in [6.07, 6.45) is 1.77. The summed E-state index contributed by atoms with van der Waals surface area (Å²) in [7, 11) is 3.02. The molecule has 2 aromatic carbocycles. The molecule has 172 valence electrons. The van der Waals surface area contributed by atoms with Crippen LogP contribution in [0.15, 0.2) is 59.5 Å². The molecule has 0 aliphatic rings. The molecule has 1 heterocycles. The number of carbonyl (C=O) groups excluding carboxylic acids is 2. The van der Waals surface area contributed by atoms with Gasteiger partial charge in [0.05, 0.1) is 14.2 Å². The van der Waals surface area contributed by atoms with E-state index in [1.807, 2.05) is 0 Å². The second-order valence-corrected chi connectivity index (χ2v) is 8.60. The molecule has 2 amide bonds. The molecule has 1 aromatic heterocycles. The summed E-state index contributed by atoms with van der Waals surface area (Å²) in [5.41, 5.74) is 0.962. The van der Waals surface area contributed by atoms with Crippen molar-refractivity contribution in [3.8, 4) is 17.2 Å². The Labute approximate surface area is 199 Å². The highest BCUT2D eigenvalue weighted by Gasteiger charge is 2.15. The number of hydrogen-bond acceptors (Lipinski definition) is 9. The fourth-order valence-corrected chi connectivity index (χ4v) is 4.07. The second kappa shape index (κ2) is 11.9. The highest BCUT2D eigenvalue weighted by molar-refractivity contribution is 8.01. The number of thioether (sulfide) groups is 1. The van der Waals surface area contributed by atoms with Crippen molar-refractivity contribution >= 4 is 45.7 Å². The standard InChI is InChI=1S/C22H22N4O5S2/c1-4-11-32-22-26-25-21(33-22)24-20(28)14-5-10-17(18(12-14)30-3)31-13-19(27)23-15-6-8-16(29-2)9-7-15/h4-10,12H,1,11,13H2,2-3H3,(H,23,27)(H,24,25,28). The van der Waals surface area contributed by atoms with Gasteiger partial charge in [-0.2, -0.15) is 0 Å². The summed E-state index contributed by atoms with van der Waals surface area (Å²) < 4.78 is 16.7. The van der Waals surface area contributed by atoms with E-state index in [1.54, 1.807) is 49.6 Å². The van der Waals surface area contributed by atoms with E-state index in [0.717, 1.165) is 4.34 Å². The Hall–Kier alpha value is -3.57. The number of methoxy groups -OCH3 is 2. The number of carbonyl (C=O) groups is 2. The van der Waals surface area contributed by atoms with Gasteiger partial charge in [-0.1, -0.05) is 29.2 Å². The van der Waals surface area contributed by atoms with Gasteiger partial charge < -0.3 is 19.5 Å². The average molecular weight is 487 g/mol. The van der Waals surface area contributed by atoms with Crippen molar-refractivity contribution in [3.63, 3.8) is 0 Å². The minimum Gasteiger partial charge on any atom is -0.497 e. The fraction of sp³-hybridized carbons (Fsp3) is 0.182. The van der Waals surface area contributed by atoms with Gasteiger partial charge >= 0.3 is 0 Å². The zero-order valence-corrected chi connectivity index (χ0v) is 19.6. The summed E-state index contributed by atoms with van der Waals surface area (Å²) in [5.74, 6) is 1.34. The van der Waals surface area contributed by atoms with Gasteiger partial charge in [0.25, 0.3) is 11.8 Å². The minimum atomic E-state index is -0.367. The molecule has 0 aliphatic carbocycles. The molecule has 0 saturated heterocycles. The predicted octanol–water partition coefficient (Wildman–Crippen LogP) is 4.10. The summed E-state index contributed by atoms with van der Waals surface area (Å²) in [5, 5.41) is 13.8. The lowest BCUT2D eigenvalue weighted by Gasteiger charge is -2.12. The molecule has 0 saturated carbocycles. The Morgan fingerprint density at radius 1 is 1.06 bits per heavy atom. The van der Waals surface area contributed by atoms with Gasteiger partial charge in [0.2, 0.25) is 5.13 Å². The summed E-state index contributed by atoms with van der Waals surface area (Å²) in [4.78, 5) is 24.8. The van der Waals surface area contributed by atoms with Crippen LogP contribution in [-0.2, 0) is 4.79 Å². The van der Waals surface area contributed by atoms with Gasteiger partial charge in [0.1, 0.15) is 5.75 Å². The Bertz CT molecular complexity index is 1120. The number of benzene rings is 2. The first-order chi connectivity index (χ1) is 16.0. The number of nitrogens with zero attached hydrogens (tertiary/aromatic N) is 2. The van der Waals surface area contributed by atoms with Crippen LogP contribution < -0.4 is 24.8 Å². The molecule has 0 unspecified atom stereocenters. The third-order valence-corrected chi connectivity index (χ3v) is 6.08. The Morgan fingerprint density at radius 3 is 2.55 bits per heavy atom. The third kappa shape index (κ3) is 6.96. The zero-order valence-electron chi connectivity index (χ0n) is 18.0. The third-order valence-electron chi connectivity index (χ3n) is 4.11. The van der Waals surface area contributed by atoms with Gasteiger partial charge in [-0.3, -0.25) is 14.9 Å². The Kier molecular flexibility index (Phi) is 8.67. The van der Waals surface area contributed by atoms with Gasteiger partial charge in [-0.15, -0.1) is 16.8 Å². The molecule has 0 atom stereocenters. The van der Waals surface area contributed by atoms with Crippen molar-refractivity contribution in [1.29, 1.82) is 0 Å². The van der Waals surface area contributed by atoms with E-state index < -0.39 is 0 Å². The van der Waals surface area contributed by atoms with Crippen LogP contribution in [-0.4, -0.2) is 48.6 Å². The lowest BCUT2D eigenvalue weighted by atomic mass is 10.2. The smallest absolute Gasteiger partial charge is 0.262 e. The van der Waals surface area contributed by atoms with Crippen molar-refractivity contribution in [1.82, 2.24) is 10.2 Å². The van der Waals surface area contributed by atoms with E-state index in [4.69, 9.17) is 14.2 Å². The highest BCUT2D eigenvalue weighted by Crippen LogP contribution is 2.29. The van der Waals surface area contributed by atoms with E-state index in [9.17, 15) is 9.59 Å². The van der Waals surface area contributed by atoms with E-state index in [0.29, 0.717) is 39.4 Å². The van der Waals surface area contributed by atoms with E-state index in [1.165, 1.54) is 36.3 Å². The normalized spacial score (nSPS) is 10.2. The van der Waals surface area contributed by atoms with Crippen molar-refractivity contribution in [2.45, 2.75) is 4.34 Å². The van der Waals surface area contributed by atoms with Crippen LogP contribution in [0.5, 0.6) is 17.2 Å². The summed E-state index contributed by atoms with van der Waals surface area (Å²) >= 11 is 2.76. The number of nitrogens with one attached hydrogen (secondary N) is 2. The molecule has 0 spiro atoms. The quantitative estimate of drug-likeness (QED) is 0.237. The van der Waals surface area contributed by atoms with E-state index in [-0.39, 0.29) is 18.4 Å². The Balaban J connectivity index is 1.57. The number of ether oxygens (including phenoxy) is 3. The molecule has 0 bridgehead atoms. The molecule has 33 heavy (non-hydrogen) atoms. The molecular formula is C22H22N4O5S2. The van der Waals surface area contributed by atoms with E-state index in [2.05, 4.69) is 27.4 Å². The molecule has 0 radical (unpaired) electrons. The van der Waals surface area contributed by atoms with Crippen molar-refractivity contribution in [2.75, 3.05) is 37.2 Å².